The number of halogens is 1. The fourth-order valence-corrected chi connectivity index (χ4v) is 4.77. The minimum absolute atomic E-state index is 0.425. The van der Waals surface area contributed by atoms with E-state index in [0.717, 1.165) is 22.8 Å². The van der Waals surface area contributed by atoms with Gasteiger partial charge in [-0.25, -0.2) is 9.79 Å². The summed E-state index contributed by atoms with van der Waals surface area (Å²) >= 11 is 6.21. The number of fused-ring (bicyclic) bond motifs is 2. The van der Waals surface area contributed by atoms with Crippen molar-refractivity contribution in [1.82, 2.24) is 9.80 Å². The van der Waals surface area contributed by atoms with Crippen molar-refractivity contribution in [2.45, 2.75) is 30.6 Å². The summed E-state index contributed by atoms with van der Waals surface area (Å²) < 4.78 is 5.49. The Morgan fingerprint density at radius 1 is 1.00 bits per heavy atom. The lowest BCUT2D eigenvalue weighted by atomic mass is 9.97. The van der Waals surface area contributed by atoms with Gasteiger partial charge >= 0.3 is 5.97 Å². The number of benzene rings is 2. The zero-order valence-corrected chi connectivity index (χ0v) is 18.8. The van der Waals surface area contributed by atoms with Crippen LogP contribution >= 0.6 is 11.6 Å². The topological polar surface area (TPSA) is 138 Å². The van der Waals surface area contributed by atoms with E-state index in [0.29, 0.717) is 36.9 Å². The van der Waals surface area contributed by atoms with Crippen LogP contribution in [0.25, 0.3) is 0 Å². The fraction of sp³-hybridized carbons (Fsp3) is 0.391. The maximum Gasteiger partial charge on any atom is 0.335 e. The molecule has 5 atom stereocenters. The van der Waals surface area contributed by atoms with Crippen molar-refractivity contribution in [2.24, 2.45) is 4.99 Å². The molecule has 34 heavy (non-hydrogen) atoms. The second kappa shape index (κ2) is 9.14. The molecule has 11 heteroatoms. The normalized spacial score (nSPS) is 29.4. The number of carboxylic acids is 1. The summed E-state index contributed by atoms with van der Waals surface area (Å²) in [7, 11) is 0. The number of rotatable bonds is 2. The van der Waals surface area contributed by atoms with Crippen LogP contribution in [-0.4, -0.2) is 98.9 Å². The lowest BCUT2D eigenvalue weighted by Crippen LogP contribution is -2.66. The highest BCUT2D eigenvalue weighted by molar-refractivity contribution is 6.31. The number of hydrogen-bond donors (Lipinski definition) is 5. The molecule has 0 aliphatic carbocycles. The molecule has 5 rings (SSSR count). The van der Waals surface area contributed by atoms with Gasteiger partial charge in [-0.05, 0) is 30.3 Å². The predicted octanol–water partition coefficient (Wildman–Crippen LogP) is 0.985. The fourth-order valence-electron chi connectivity index (χ4n) is 4.61. The Morgan fingerprint density at radius 3 is 2.47 bits per heavy atom. The number of hydrogen-bond acceptors (Lipinski definition) is 9. The van der Waals surface area contributed by atoms with Gasteiger partial charge in [-0.15, -0.1) is 0 Å². The molecule has 2 saturated heterocycles. The third-order valence-electron chi connectivity index (χ3n) is 6.43. The molecule has 2 fully saturated rings. The Morgan fingerprint density at radius 2 is 1.74 bits per heavy atom. The lowest BCUT2D eigenvalue weighted by Gasteiger charge is -2.46. The van der Waals surface area contributed by atoms with Crippen molar-refractivity contribution in [3.63, 3.8) is 0 Å². The highest BCUT2D eigenvalue weighted by atomic mass is 35.5. The van der Waals surface area contributed by atoms with Gasteiger partial charge in [-0.1, -0.05) is 23.7 Å². The van der Waals surface area contributed by atoms with Crippen molar-refractivity contribution in [2.75, 3.05) is 31.5 Å². The van der Waals surface area contributed by atoms with Crippen LogP contribution in [-0.2, 0) is 9.53 Å². The van der Waals surface area contributed by atoms with Gasteiger partial charge in [0, 0.05) is 42.5 Å². The molecule has 0 amide bonds. The van der Waals surface area contributed by atoms with E-state index >= 15 is 0 Å². The maximum atomic E-state index is 11.4. The monoisotopic (exact) mass is 488 g/mol. The van der Waals surface area contributed by atoms with E-state index in [4.69, 9.17) is 21.3 Å². The number of nitrogens with zero attached hydrogens (tertiary/aromatic N) is 3. The summed E-state index contributed by atoms with van der Waals surface area (Å²) in [5, 5.41) is 43.9. The molecule has 180 valence electrons. The molecule has 3 heterocycles. The number of piperazine rings is 1. The summed E-state index contributed by atoms with van der Waals surface area (Å²) in [4.78, 5) is 20.3. The van der Waals surface area contributed by atoms with E-state index in [1.807, 2.05) is 30.3 Å². The van der Waals surface area contributed by atoms with Gasteiger partial charge in [0.25, 0.3) is 0 Å². The third kappa shape index (κ3) is 4.13. The Kier molecular flexibility index (Phi) is 6.19. The first kappa shape index (κ1) is 23.0. The molecular formula is C23H25ClN4O6. The number of nitrogens with one attached hydrogen (secondary N) is 1. The van der Waals surface area contributed by atoms with Crippen molar-refractivity contribution < 1.29 is 30.0 Å². The van der Waals surface area contributed by atoms with Crippen LogP contribution in [0.3, 0.4) is 0 Å². The van der Waals surface area contributed by atoms with Crippen LogP contribution < -0.4 is 5.32 Å². The molecule has 2 aromatic rings. The van der Waals surface area contributed by atoms with Crippen LogP contribution in [0.1, 0.15) is 5.56 Å². The molecule has 0 spiro atoms. The first-order valence-electron chi connectivity index (χ1n) is 11.0. The van der Waals surface area contributed by atoms with Gasteiger partial charge in [-0.3, -0.25) is 4.90 Å². The molecule has 5 N–H and O–H groups in total. The number of aliphatic hydroxyl groups is 3. The number of aliphatic imine (C=N–C) groups is 1. The molecule has 0 aromatic heterocycles. The summed E-state index contributed by atoms with van der Waals surface area (Å²) in [5.74, 6) is -0.621. The molecule has 0 bridgehead atoms. The maximum absolute atomic E-state index is 11.4. The van der Waals surface area contributed by atoms with Gasteiger partial charge in [0.1, 0.15) is 30.4 Å². The Labute approximate surface area is 200 Å². The summed E-state index contributed by atoms with van der Waals surface area (Å²) in [6.07, 6.45) is -7.44. The van der Waals surface area contributed by atoms with Crippen LogP contribution in [0.4, 0.5) is 17.1 Å². The quantitative estimate of drug-likeness (QED) is 0.418. The van der Waals surface area contributed by atoms with E-state index in [-0.39, 0.29) is 0 Å². The lowest BCUT2D eigenvalue weighted by molar-refractivity contribution is -0.261. The molecule has 3 aliphatic heterocycles. The number of aliphatic hydroxyl groups excluding tert-OH is 3. The summed E-state index contributed by atoms with van der Waals surface area (Å²) in [6.45, 7) is 1.89. The highest BCUT2D eigenvalue weighted by Crippen LogP contribution is 2.36. The number of carbonyl (C=O) groups is 1. The van der Waals surface area contributed by atoms with Crippen LogP contribution in [0, 0.1) is 0 Å². The number of amidine groups is 1. The van der Waals surface area contributed by atoms with Crippen molar-refractivity contribution in [3.05, 3.63) is 53.1 Å². The van der Waals surface area contributed by atoms with E-state index < -0.39 is 36.6 Å². The van der Waals surface area contributed by atoms with Crippen molar-refractivity contribution >= 4 is 40.5 Å². The van der Waals surface area contributed by atoms with Gasteiger partial charge < -0.3 is 35.4 Å². The van der Waals surface area contributed by atoms with E-state index in [9.17, 15) is 25.2 Å². The highest BCUT2D eigenvalue weighted by Gasteiger charge is 2.49. The third-order valence-corrected chi connectivity index (χ3v) is 6.66. The summed E-state index contributed by atoms with van der Waals surface area (Å²) in [5.41, 5.74) is 3.41. The van der Waals surface area contributed by atoms with E-state index in [1.165, 1.54) is 0 Å². The molecule has 0 radical (unpaired) electrons. The van der Waals surface area contributed by atoms with Gasteiger partial charge in [-0.2, -0.15) is 0 Å². The minimum Gasteiger partial charge on any atom is -0.479 e. The van der Waals surface area contributed by atoms with Crippen LogP contribution in [0.15, 0.2) is 47.5 Å². The van der Waals surface area contributed by atoms with Gasteiger partial charge in [0.05, 0.1) is 11.4 Å². The van der Waals surface area contributed by atoms with Crippen molar-refractivity contribution in [3.8, 4) is 0 Å². The Balaban J connectivity index is 1.38. The SMILES string of the molecule is O=C(O)C1OC(N2CCN(C3=Nc4cc(Cl)ccc4Nc4ccccc43)CC2)C(O)C(O)C1O. The number of anilines is 2. The zero-order chi connectivity index (χ0) is 24.0. The second-order valence-corrected chi connectivity index (χ2v) is 8.98. The number of ether oxygens (including phenoxy) is 1. The Bertz CT molecular complexity index is 1120. The first-order chi connectivity index (χ1) is 16.3. The Hall–Kier alpha value is -2.73. The molecule has 10 nitrogen and oxygen atoms in total. The van der Waals surface area contributed by atoms with Gasteiger partial charge in [0.2, 0.25) is 0 Å². The zero-order valence-electron chi connectivity index (χ0n) is 18.1. The number of carboxylic acid groups (broad SMARTS) is 1. The standard InChI is InChI=1S/C23H25ClN4O6/c24-12-5-6-15-16(11-12)26-21(13-3-1-2-4-14(13)25-15)27-7-9-28(10-8-27)22-19(31)17(29)18(30)20(34-22)23(32)33/h1-6,11,17-20,22,25,29-31H,7-10H2,(H,32,33). The van der Waals surface area contributed by atoms with Crippen molar-refractivity contribution in [1.29, 1.82) is 0 Å². The van der Waals surface area contributed by atoms with Crippen LogP contribution in [0.2, 0.25) is 5.02 Å². The molecule has 5 unspecified atom stereocenters. The van der Waals surface area contributed by atoms with Crippen LogP contribution in [0.5, 0.6) is 0 Å². The number of aliphatic carboxylic acids is 1. The smallest absolute Gasteiger partial charge is 0.335 e. The summed E-state index contributed by atoms with van der Waals surface area (Å²) in [6, 6.07) is 13.4. The molecule has 3 aliphatic rings. The first-order valence-corrected chi connectivity index (χ1v) is 11.4. The second-order valence-electron chi connectivity index (χ2n) is 8.55. The van der Waals surface area contributed by atoms with Gasteiger partial charge in [0.15, 0.2) is 6.10 Å². The average Bonchev–Trinajstić information content (AvgIpc) is 2.99. The minimum atomic E-state index is -1.71. The molecule has 0 saturated carbocycles. The predicted molar refractivity (Wildman–Crippen MR) is 125 cm³/mol. The molecule has 2 aromatic carbocycles. The molecular weight excluding hydrogens is 464 g/mol. The largest absolute Gasteiger partial charge is 0.479 e. The average molecular weight is 489 g/mol. The van der Waals surface area contributed by atoms with E-state index in [1.54, 1.807) is 17.0 Å². The number of para-hydroxylation sites is 1. The van der Waals surface area contributed by atoms with E-state index in [2.05, 4.69) is 10.2 Å².